The minimum atomic E-state index is -0.348. The van der Waals surface area contributed by atoms with E-state index < -0.39 is 0 Å². The van der Waals surface area contributed by atoms with Crippen LogP contribution in [0.5, 0.6) is 5.75 Å². The summed E-state index contributed by atoms with van der Waals surface area (Å²) in [6.07, 6.45) is 1.86. The number of nitrogens with zero attached hydrogens (tertiary/aromatic N) is 1. The van der Waals surface area contributed by atoms with E-state index in [0.29, 0.717) is 17.4 Å². The fraction of sp³-hybridized carbons (Fsp3) is 0.130. The van der Waals surface area contributed by atoms with E-state index >= 15 is 0 Å². The summed E-state index contributed by atoms with van der Waals surface area (Å²) in [4.78, 5) is 14.3. The molecule has 29 heavy (non-hydrogen) atoms. The molecular weight excluding hydrogens is 388 g/mol. The SMILES string of the molecule is O=[N+]([O-])C[C@@H](c1ccc(OCc2ccccc2Cl)cc1)c1c[nH]c2ccccc12. The molecule has 0 saturated carbocycles. The van der Waals surface area contributed by atoms with E-state index in [9.17, 15) is 10.1 Å². The van der Waals surface area contributed by atoms with Gasteiger partial charge in [0.25, 0.3) is 0 Å². The van der Waals surface area contributed by atoms with Crippen molar-refractivity contribution in [2.75, 3.05) is 6.54 Å². The van der Waals surface area contributed by atoms with E-state index in [2.05, 4.69) is 4.98 Å². The van der Waals surface area contributed by atoms with Crippen LogP contribution >= 0.6 is 11.6 Å². The van der Waals surface area contributed by atoms with E-state index in [1.165, 1.54) is 0 Å². The molecule has 146 valence electrons. The highest BCUT2D eigenvalue weighted by Crippen LogP contribution is 2.32. The van der Waals surface area contributed by atoms with Gasteiger partial charge in [0.1, 0.15) is 12.4 Å². The second kappa shape index (κ2) is 8.37. The highest BCUT2D eigenvalue weighted by molar-refractivity contribution is 6.31. The molecule has 0 radical (unpaired) electrons. The van der Waals surface area contributed by atoms with Gasteiger partial charge in [-0.3, -0.25) is 10.1 Å². The number of hydrogen-bond acceptors (Lipinski definition) is 3. The van der Waals surface area contributed by atoms with Gasteiger partial charge in [-0.25, -0.2) is 0 Å². The number of aromatic amines is 1. The predicted octanol–water partition coefficient (Wildman–Crippen LogP) is 5.81. The van der Waals surface area contributed by atoms with Crippen LogP contribution in [-0.2, 0) is 6.61 Å². The number of hydrogen-bond donors (Lipinski definition) is 1. The van der Waals surface area contributed by atoms with Crippen molar-refractivity contribution < 1.29 is 9.66 Å². The number of aromatic nitrogens is 1. The van der Waals surface area contributed by atoms with Crippen molar-refractivity contribution in [3.05, 3.63) is 111 Å². The normalized spacial score (nSPS) is 12.0. The molecule has 0 aliphatic rings. The Morgan fingerprint density at radius 2 is 1.72 bits per heavy atom. The van der Waals surface area contributed by atoms with E-state index in [1.807, 2.05) is 79.0 Å². The first-order chi connectivity index (χ1) is 14.1. The number of nitro groups is 1. The highest BCUT2D eigenvalue weighted by Gasteiger charge is 2.23. The summed E-state index contributed by atoms with van der Waals surface area (Å²) < 4.78 is 5.83. The molecule has 4 rings (SSSR count). The van der Waals surface area contributed by atoms with Crippen LogP contribution in [0.15, 0.2) is 79.0 Å². The van der Waals surface area contributed by atoms with Crippen LogP contribution in [0.2, 0.25) is 5.02 Å². The molecule has 4 aromatic rings. The standard InChI is InChI=1S/C23H19ClN2O3/c24-22-7-3-1-5-17(22)15-29-18-11-9-16(10-12-18)21(14-26(27)28)20-13-25-23-8-4-2-6-19(20)23/h1-13,21,25H,14-15H2/t21-/m0/s1. The molecule has 0 unspecified atom stereocenters. The van der Waals surface area contributed by atoms with Crippen molar-refractivity contribution in [1.82, 2.24) is 4.98 Å². The van der Waals surface area contributed by atoms with Crippen LogP contribution in [-0.4, -0.2) is 16.5 Å². The van der Waals surface area contributed by atoms with Gasteiger partial charge in [-0.2, -0.15) is 0 Å². The number of nitrogens with one attached hydrogen (secondary N) is 1. The Balaban J connectivity index is 1.57. The van der Waals surface area contributed by atoms with E-state index in [0.717, 1.165) is 27.6 Å². The minimum Gasteiger partial charge on any atom is -0.489 e. The van der Waals surface area contributed by atoms with E-state index in [4.69, 9.17) is 16.3 Å². The highest BCUT2D eigenvalue weighted by atomic mass is 35.5. The average molecular weight is 407 g/mol. The third-order valence-corrected chi connectivity index (χ3v) is 5.33. The Kier molecular flexibility index (Phi) is 5.49. The summed E-state index contributed by atoms with van der Waals surface area (Å²) in [5.74, 6) is 0.339. The number of benzene rings is 3. The smallest absolute Gasteiger partial charge is 0.214 e. The van der Waals surface area contributed by atoms with E-state index in [1.54, 1.807) is 0 Å². The van der Waals surface area contributed by atoms with Crippen molar-refractivity contribution in [1.29, 1.82) is 0 Å². The first kappa shape index (κ1) is 19.0. The topological polar surface area (TPSA) is 68.2 Å². The molecule has 1 aromatic heterocycles. The van der Waals surface area contributed by atoms with Crippen LogP contribution in [0.3, 0.4) is 0 Å². The summed E-state index contributed by atoms with van der Waals surface area (Å²) in [7, 11) is 0. The zero-order valence-electron chi connectivity index (χ0n) is 15.5. The molecule has 0 bridgehead atoms. The second-order valence-corrected chi connectivity index (χ2v) is 7.21. The first-order valence-electron chi connectivity index (χ1n) is 9.26. The Labute approximate surface area is 173 Å². The monoisotopic (exact) mass is 406 g/mol. The van der Waals surface area contributed by atoms with Crippen molar-refractivity contribution in [3.63, 3.8) is 0 Å². The number of H-pyrrole nitrogens is 1. The maximum Gasteiger partial charge on any atom is 0.214 e. The maximum atomic E-state index is 11.3. The molecule has 1 heterocycles. The lowest BCUT2D eigenvalue weighted by molar-refractivity contribution is -0.481. The zero-order chi connectivity index (χ0) is 20.2. The molecule has 3 aromatic carbocycles. The van der Waals surface area contributed by atoms with Crippen molar-refractivity contribution in [3.8, 4) is 5.75 Å². The lowest BCUT2D eigenvalue weighted by Gasteiger charge is -2.14. The summed E-state index contributed by atoms with van der Waals surface area (Å²) >= 11 is 6.16. The lowest BCUT2D eigenvalue weighted by atomic mass is 9.91. The minimum absolute atomic E-state index is 0.179. The van der Waals surface area contributed by atoms with Gasteiger partial charge in [-0.1, -0.05) is 60.1 Å². The van der Waals surface area contributed by atoms with Gasteiger partial charge in [0.15, 0.2) is 0 Å². The molecule has 0 aliphatic carbocycles. The number of rotatable bonds is 7. The van der Waals surface area contributed by atoms with Gasteiger partial charge in [0.2, 0.25) is 6.54 Å². The van der Waals surface area contributed by atoms with Gasteiger partial charge >= 0.3 is 0 Å². The Bertz CT molecular complexity index is 1140. The molecule has 0 fully saturated rings. The van der Waals surface area contributed by atoms with Crippen LogP contribution in [0.25, 0.3) is 10.9 Å². The van der Waals surface area contributed by atoms with Crippen LogP contribution in [0.4, 0.5) is 0 Å². The third kappa shape index (κ3) is 4.25. The fourth-order valence-corrected chi connectivity index (χ4v) is 3.68. The molecule has 1 atom stereocenters. The fourth-order valence-electron chi connectivity index (χ4n) is 3.49. The summed E-state index contributed by atoms with van der Waals surface area (Å²) in [5, 5.41) is 13.0. The van der Waals surface area contributed by atoms with Gasteiger partial charge in [0.05, 0.1) is 5.92 Å². The maximum absolute atomic E-state index is 11.3. The summed E-state index contributed by atoms with van der Waals surface area (Å²) in [5.41, 5.74) is 3.66. The molecule has 6 heteroatoms. The van der Waals surface area contributed by atoms with Gasteiger partial charge in [-0.15, -0.1) is 0 Å². The largest absolute Gasteiger partial charge is 0.489 e. The zero-order valence-corrected chi connectivity index (χ0v) is 16.3. The van der Waals surface area contributed by atoms with Crippen LogP contribution < -0.4 is 4.74 Å². The molecule has 0 saturated heterocycles. The third-order valence-electron chi connectivity index (χ3n) is 4.96. The molecule has 0 amide bonds. The van der Waals surface area contributed by atoms with Crippen LogP contribution in [0, 0.1) is 10.1 Å². The number of fused-ring (bicyclic) bond motifs is 1. The average Bonchev–Trinajstić information content (AvgIpc) is 3.16. The Morgan fingerprint density at radius 3 is 2.48 bits per heavy atom. The Morgan fingerprint density at radius 1 is 1.00 bits per heavy atom. The van der Waals surface area contributed by atoms with Gasteiger partial charge in [0, 0.05) is 32.6 Å². The first-order valence-corrected chi connectivity index (χ1v) is 9.63. The quantitative estimate of drug-likeness (QED) is 0.311. The van der Waals surface area contributed by atoms with Crippen LogP contribution in [0.1, 0.15) is 22.6 Å². The summed E-state index contributed by atoms with van der Waals surface area (Å²) in [6, 6.07) is 22.8. The van der Waals surface area contributed by atoms with Crippen molar-refractivity contribution >= 4 is 22.5 Å². The van der Waals surface area contributed by atoms with Gasteiger partial charge in [-0.05, 0) is 35.4 Å². The summed E-state index contributed by atoms with van der Waals surface area (Å²) in [6.45, 7) is 0.182. The number of ether oxygens (including phenoxy) is 1. The number of para-hydroxylation sites is 1. The molecular formula is C23H19ClN2O3. The van der Waals surface area contributed by atoms with Gasteiger partial charge < -0.3 is 9.72 Å². The Hall–Kier alpha value is -3.31. The second-order valence-electron chi connectivity index (χ2n) is 6.81. The van der Waals surface area contributed by atoms with E-state index in [-0.39, 0.29) is 17.4 Å². The molecule has 0 spiro atoms. The number of halogens is 1. The molecule has 1 N–H and O–H groups in total. The molecule has 5 nitrogen and oxygen atoms in total. The predicted molar refractivity (Wildman–Crippen MR) is 114 cm³/mol. The van der Waals surface area contributed by atoms with Crippen molar-refractivity contribution in [2.45, 2.75) is 12.5 Å². The lowest BCUT2D eigenvalue weighted by Crippen LogP contribution is -2.13. The van der Waals surface area contributed by atoms with Crippen molar-refractivity contribution in [2.24, 2.45) is 0 Å². The molecule has 0 aliphatic heterocycles.